The van der Waals surface area contributed by atoms with E-state index in [1.807, 2.05) is 12.1 Å². The Morgan fingerprint density at radius 1 is 1.26 bits per heavy atom. The van der Waals surface area contributed by atoms with Crippen molar-refractivity contribution in [3.63, 3.8) is 0 Å². The van der Waals surface area contributed by atoms with E-state index in [1.54, 1.807) is 11.3 Å². The summed E-state index contributed by atoms with van der Waals surface area (Å²) in [5.74, 6) is 1.96. The molecule has 0 aliphatic heterocycles. The summed E-state index contributed by atoms with van der Waals surface area (Å²) in [4.78, 5) is 1.12. The fourth-order valence-corrected chi connectivity index (χ4v) is 4.82. The molecule has 0 spiro atoms. The van der Waals surface area contributed by atoms with Gasteiger partial charge in [-0.05, 0) is 37.8 Å². The van der Waals surface area contributed by atoms with Crippen LogP contribution in [0.25, 0.3) is 0 Å². The number of hydrogen-bond acceptors (Lipinski definition) is 3. The lowest BCUT2D eigenvalue weighted by Gasteiger charge is -2.43. The van der Waals surface area contributed by atoms with Crippen LogP contribution in [0.2, 0.25) is 4.34 Å². The summed E-state index contributed by atoms with van der Waals surface area (Å²) in [6, 6.07) is 4.40. The number of hydrogen-bond donors (Lipinski definition) is 0. The van der Waals surface area contributed by atoms with Crippen molar-refractivity contribution in [2.45, 2.75) is 69.5 Å². The molecule has 2 aromatic heterocycles. The highest BCUT2D eigenvalue weighted by atomic mass is 35.5. The quantitative estimate of drug-likeness (QED) is 0.773. The molecule has 23 heavy (non-hydrogen) atoms. The molecule has 0 unspecified atom stereocenters. The van der Waals surface area contributed by atoms with Gasteiger partial charge >= 0.3 is 0 Å². The zero-order valence-corrected chi connectivity index (χ0v) is 15.2. The molecule has 2 aliphatic rings. The maximum Gasteiger partial charge on any atom is 0.145 e. The molecule has 6 heteroatoms. The van der Waals surface area contributed by atoms with Crippen molar-refractivity contribution >= 4 is 22.9 Å². The fourth-order valence-electron chi connectivity index (χ4n) is 3.57. The summed E-state index contributed by atoms with van der Waals surface area (Å²) >= 11 is 7.69. The maximum atomic E-state index is 13.9. The van der Waals surface area contributed by atoms with Gasteiger partial charge in [0.25, 0.3) is 0 Å². The molecule has 2 aromatic rings. The summed E-state index contributed by atoms with van der Waals surface area (Å²) in [6.07, 6.45) is 2.53. The molecule has 4 rings (SSSR count). The number of rotatable bonds is 3. The lowest BCUT2D eigenvalue weighted by molar-refractivity contribution is 0.116. The van der Waals surface area contributed by atoms with Crippen LogP contribution in [0.5, 0.6) is 0 Å². The van der Waals surface area contributed by atoms with E-state index >= 15 is 0 Å². The average molecular weight is 354 g/mol. The highest BCUT2D eigenvalue weighted by Gasteiger charge is 2.53. The van der Waals surface area contributed by atoms with Gasteiger partial charge in [0.1, 0.15) is 17.8 Å². The molecule has 0 N–H and O–H groups in total. The number of halogens is 2. The van der Waals surface area contributed by atoms with Gasteiger partial charge in [0.15, 0.2) is 0 Å². The largest absolute Gasteiger partial charge is 0.311 e. The summed E-state index contributed by atoms with van der Waals surface area (Å²) in [6.45, 7) is 6.48. The first-order valence-electron chi connectivity index (χ1n) is 8.17. The predicted molar refractivity (Wildman–Crippen MR) is 91.2 cm³/mol. The average Bonchev–Trinajstić information content (AvgIpc) is 3.00. The highest BCUT2D eigenvalue weighted by Crippen LogP contribution is 2.54. The molecule has 0 atom stereocenters. The second-order valence-electron chi connectivity index (χ2n) is 7.89. The zero-order chi connectivity index (χ0) is 16.4. The Morgan fingerprint density at radius 3 is 2.43 bits per heavy atom. The minimum atomic E-state index is -0.765. The van der Waals surface area contributed by atoms with Gasteiger partial charge in [-0.2, -0.15) is 0 Å². The van der Waals surface area contributed by atoms with Crippen LogP contribution in [0.15, 0.2) is 12.1 Å². The molecule has 3 nitrogen and oxygen atoms in total. The molecular formula is C17H21ClFN3S. The van der Waals surface area contributed by atoms with Crippen LogP contribution in [0.3, 0.4) is 0 Å². The Balaban J connectivity index is 1.86. The monoisotopic (exact) mass is 353 g/mol. The van der Waals surface area contributed by atoms with E-state index in [1.165, 1.54) is 0 Å². The van der Waals surface area contributed by atoms with Gasteiger partial charge in [0, 0.05) is 16.3 Å². The SMILES string of the molecule is CC(C)(C)c1nnc(C2(c3ccc(Cl)s3)CC(F)C2)n1C1CC1. The first-order chi connectivity index (χ1) is 10.8. The molecular weight excluding hydrogens is 333 g/mol. The predicted octanol–water partition coefficient (Wildman–Crippen LogP) is 5.04. The number of aromatic nitrogens is 3. The summed E-state index contributed by atoms with van der Waals surface area (Å²) in [7, 11) is 0. The van der Waals surface area contributed by atoms with Crippen molar-refractivity contribution in [3.05, 3.63) is 33.0 Å². The number of thiophene rings is 1. The van der Waals surface area contributed by atoms with Crippen LogP contribution >= 0.6 is 22.9 Å². The van der Waals surface area contributed by atoms with E-state index in [-0.39, 0.29) is 10.8 Å². The molecule has 2 aliphatic carbocycles. The Kier molecular flexibility index (Phi) is 3.40. The Bertz CT molecular complexity index is 735. The van der Waals surface area contributed by atoms with E-state index < -0.39 is 6.17 Å². The van der Waals surface area contributed by atoms with Crippen molar-refractivity contribution in [1.29, 1.82) is 0 Å². The highest BCUT2D eigenvalue weighted by molar-refractivity contribution is 7.16. The van der Waals surface area contributed by atoms with Gasteiger partial charge in [-0.15, -0.1) is 21.5 Å². The van der Waals surface area contributed by atoms with E-state index in [0.717, 1.165) is 33.7 Å². The lowest BCUT2D eigenvalue weighted by Crippen LogP contribution is -2.45. The molecule has 2 saturated carbocycles. The van der Waals surface area contributed by atoms with Gasteiger partial charge in [-0.3, -0.25) is 0 Å². The summed E-state index contributed by atoms with van der Waals surface area (Å²) in [5.41, 5.74) is -0.419. The normalized spacial score (nSPS) is 28.0. The van der Waals surface area contributed by atoms with Gasteiger partial charge < -0.3 is 4.57 Å². The van der Waals surface area contributed by atoms with Crippen LogP contribution in [0.1, 0.15) is 69.0 Å². The lowest BCUT2D eigenvalue weighted by atomic mass is 9.65. The Labute approximate surface area is 144 Å². The van der Waals surface area contributed by atoms with E-state index in [0.29, 0.717) is 18.9 Å². The zero-order valence-electron chi connectivity index (χ0n) is 13.6. The van der Waals surface area contributed by atoms with Crippen molar-refractivity contribution in [1.82, 2.24) is 14.8 Å². The number of nitrogens with zero attached hydrogens (tertiary/aromatic N) is 3. The maximum absolute atomic E-state index is 13.9. The third-order valence-corrected chi connectivity index (χ3v) is 6.33. The van der Waals surface area contributed by atoms with Crippen molar-refractivity contribution in [3.8, 4) is 0 Å². The molecule has 0 radical (unpaired) electrons. The third-order valence-electron chi connectivity index (χ3n) is 4.89. The molecule has 0 amide bonds. The number of alkyl halides is 1. The molecule has 0 saturated heterocycles. The van der Waals surface area contributed by atoms with E-state index in [2.05, 4.69) is 35.5 Å². The first-order valence-corrected chi connectivity index (χ1v) is 9.36. The van der Waals surface area contributed by atoms with Crippen LogP contribution < -0.4 is 0 Å². The Morgan fingerprint density at radius 2 is 1.96 bits per heavy atom. The van der Waals surface area contributed by atoms with Crippen molar-refractivity contribution in [2.24, 2.45) is 0 Å². The van der Waals surface area contributed by atoms with Crippen LogP contribution in [-0.4, -0.2) is 20.9 Å². The van der Waals surface area contributed by atoms with Gasteiger partial charge in [0.2, 0.25) is 0 Å². The Hall–Kier alpha value is -0.940. The van der Waals surface area contributed by atoms with E-state index in [4.69, 9.17) is 11.6 Å². The summed E-state index contributed by atoms with van der Waals surface area (Å²) in [5, 5.41) is 9.08. The smallest absolute Gasteiger partial charge is 0.145 e. The van der Waals surface area contributed by atoms with Crippen LogP contribution in [0, 0.1) is 0 Å². The van der Waals surface area contributed by atoms with Crippen LogP contribution in [0.4, 0.5) is 4.39 Å². The minimum Gasteiger partial charge on any atom is -0.311 e. The van der Waals surface area contributed by atoms with Crippen LogP contribution in [-0.2, 0) is 10.8 Å². The molecule has 0 bridgehead atoms. The van der Waals surface area contributed by atoms with Gasteiger partial charge in [-0.25, -0.2) is 4.39 Å². The standard InChI is InChI=1S/C17H21ClFN3S/c1-16(2,3)14-20-21-15(22(14)11-4-5-11)17(8-10(19)9-17)12-6-7-13(18)23-12/h6-7,10-11H,4-5,8-9H2,1-3H3. The third kappa shape index (κ3) is 2.43. The topological polar surface area (TPSA) is 30.7 Å². The second kappa shape index (κ2) is 5.03. The van der Waals surface area contributed by atoms with Crippen molar-refractivity contribution in [2.75, 3.05) is 0 Å². The second-order valence-corrected chi connectivity index (χ2v) is 9.60. The van der Waals surface area contributed by atoms with Crippen molar-refractivity contribution < 1.29 is 4.39 Å². The van der Waals surface area contributed by atoms with E-state index in [9.17, 15) is 4.39 Å². The molecule has 2 fully saturated rings. The van der Waals surface area contributed by atoms with Gasteiger partial charge in [-0.1, -0.05) is 32.4 Å². The molecule has 124 valence electrons. The van der Waals surface area contributed by atoms with Gasteiger partial charge in [0.05, 0.1) is 9.75 Å². The minimum absolute atomic E-state index is 0.0685. The molecule has 2 heterocycles. The summed E-state index contributed by atoms with van der Waals surface area (Å²) < 4.78 is 16.9. The molecule has 0 aromatic carbocycles. The first kappa shape index (κ1) is 15.6. The fraction of sp³-hybridized carbons (Fsp3) is 0.647.